The molecule has 4 nitrogen and oxygen atoms in total. The Morgan fingerprint density at radius 3 is 3.07 bits per heavy atom. The van der Waals surface area contributed by atoms with E-state index >= 15 is 0 Å². The average molecular weight is 199 g/mol. The number of halogens is 1. The predicted molar refractivity (Wildman–Crippen MR) is 47.3 cm³/mol. The van der Waals surface area contributed by atoms with E-state index < -0.39 is 12.1 Å². The van der Waals surface area contributed by atoms with E-state index in [1.54, 1.807) is 0 Å². The van der Waals surface area contributed by atoms with Crippen molar-refractivity contribution in [2.75, 3.05) is 6.61 Å². The molecule has 0 aromatic carbocycles. The number of aromatic carboxylic acids is 1. The van der Waals surface area contributed by atoms with Crippen LogP contribution in [0.25, 0.3) is 0 Å². The van der Waals surface area contributed by atoms with Crippen LogP contribution < -0.4 is 4.74 Å². The van der Waals surface area contributed by atoms with Crippen LogP contribution in [0.5, 0.6) is 5.88 Å². The maximum atomic E-state index is 12.4. The van der Waals surface area contributed by atoms with E-state index in [0.29, 0.717) is 0 Å². The normalized spacial score (nSPS) is 12.1. The minimum absolute atomic E-state index is 0.0514. The Hall–Kier alpha value is -1.65. The molecule has 76 valence electrons. The second-order valence-corrected chi connectivity index (χ2v) is 2.75. The lowest BCUT2D eigenvalue weighted by Gasteiger charge is -2.07. The van der Waals surface area contributed by atoms with Gasteiger partial charge in [0.15, 0.2) is 0 Å². The zero-order valence-electron chi connectivity index (χ0n) is 7.61. The maximum absolute atomic E-state index is 12.4. The van der Waals surface area contributed by atoms with Crippen LogP contribution in [0, 0.1) is 0 Å². The van der Waals surface area contributed by atoms with Gasteiger partial charge >= 0.3 is 5.97 Å². The number of carboxylic acids is 1. The molecule has 1 heterocycles. The number of carboxylic acid groups (broad SMARTS) is 1. The van der Waals surface area contributed by atoms with Crippen LogP contribution >= 0.6 is 0 Å². The zero-order chi connectivity index (χ0) is 10.6. The minimum Gasteiger partial charge on any atom is -0.477 e. The molecule has 5 heteroatoms. The van der Waals surface area contributed by atoms with Gasteiger partial charge in [0.2, 0.25) is 5.88 Å². The highest BCUT2D eigenvalue weighted by Gasteiger charge is 2.12. The van der Waals surface area contributed by atoms with Crippen molar-refractivity contribution in [1.29, 1.82) is 0 Å². The molecular weight excluding hydrogens is 189 g/mol. The SMILES string of the molecule is CC(F)COc1ncccc1C(=O)O. The van der Waals surface area contributed by atoms with Crippen LogP contribution in [-0.2, 0) is 0 Å². The Bertz CT molecular complexity index is 328. The van der Waals surface area contributed by atoms with Crippen molar-refractivity contribution in [1.82, 2.24) is 4.98 Å². The van der Waals surface area contributed by atoms with E-state index in [-0.39, 0.29) is 18.1 Å². The van der Waals surface area contributed by atoms with Crippen molar-refractivity contribution < 1.29 is 19.0 Å². The molecule has 0 aliphatic rings. The quantitative estimate of drug-likeness (QED) is 0.798. The van der Waals surface area contributed by atoms with Gasteiger partial charge in [-0.2, -0.15) is 0 Å². The number of hydrogen-bond donors (Lipinski definition) is 1. The summed E-state index contributed by atoms with van der Waals surface area (Å²) in [6.07, 6.45) is 0.239. The van der Waals surface area contributed by atoms with Gasteiger partial charge in [0.25, 0.3) is 0 Å². The summed E-state index contributed by atoms with van der Waals surface area (Å²) >= 11 is 0. The topological polar surface area (TPSA) is 59.4 Å². The van der Waals surface area contributed by atoms with Gasteiger partial charge in [0.05, 0.1) is 0 Å². The Balaban J connectivity index is 2.79. The van der Waals surface area contributed by atoms with E-state index in [9.17, 15) is 9.18 Å². The van der Waals surface area contributed by atoms with Crippen LogP contribution in [0.15, 0.2) is 18.3 Å². The fourth-order valence-corrected chi connectivity index (χ4v) is 0.862. The smallest absolute Gasteiger partial charge is 0.341 e. The van der Waals surface area contributed by atoms with Crippen LogP contribution in [-0.4, -0.2) is 28.8 Å². The highest BCUT2D eigenvalue weighted by molar-refractivity contribution is 5.90. The maximum Gasteiger partial charge on any atom is 0.341 e. The number of nitrogens with zero attached hydrogens (tertiary/aromatic N) is 1. The molecule has 0 fully saturated rings. The fraction of sp³-hybridized carbons (Fsp3) is 0.333. The number of pyridine rings is 1. The van der Waals surface area contributed by atoms with E-state index in [0.717, 1.165) is 0 Å². The highest BCUT2D eigenvalue weighted by atomic mass is 19.1. The standard InChI is InChI=1S/C9H10FNO3/c1-6(10)5-14-8-7(9(12)13)3-2-4-11-8/h2-4,6H,5H2,1H3,(H,12,13). The number of alkyl halides is 1. The summed E-state index contributed by atoms with van der Waals surface area (Å²) in [5, 5.41) is 8.72. The summed E-state index contributed by atoms with van der Waals surface area (Å²) in [5.41, 5.74) is -0.0619. The molecule has 1 unspecified atom stereocenters. The first-order valence-electron chi connectivity index (χ1n) is 4.06. The molecule has 0 radical (unpaired) electrons. The molecule has 1 N–H and O–H groups in total. The summed E-state index contributed by atoms with van der Waals surface area (Å²) in [5.74, 6) is -1.19. The van der Waals surface area contributed by atoms with Crippen molar-refractivity contribution in [2.45, 2.75) is 13.1 Å². The van der Waals surface area contributed by atoms with Gasteiger partial charge in [-0.15, -0.1) is 0 Å². The number of aromatic nitrogens is 1. The van der Waals surface area contributed by atoms with Gasteiger partial charge in [0, 0.05) is 6.20 Å². The molecule has 1 atom stereocenters. The number of hydrogen-bond acceptors (Lipinski definition) is 3. The highest BCUT2D eigenvalue weighted by Crippen LogP contribution is 2.14. The van der Waals surface area contributed by atoms with E-state index in [4.69, 9.17) is 9.84 Å². The predicted octanol–water partition coefficient (Wildman–Crippen LogP) is 1.52. The number of ether oxygens (including phenoxy) is 1. The van der Waals surface area contributed by atoms with E-state index in [2.05, 4.69) is 4.98 Å². The lowest BCUT2D eigenvalue weighted by molar-refractivity contribution is 0.0689. The first-order chi connectivity index (χ1) is 6.61. The third-order valence-electron chi connectivity index (χ3n) is 1.45. The second-order valence-electron chi connectivity index (χ2n) is 2.75. The Labute approximate surface area is 80.3 Å². The summed E-state index contributed by atoms with van der Waals surface area (Å²) in [6.45, 7) is 1.13. The van der Waals surface area contributed by atoms with Crippen molar-refractivity contribution in [2.24, 2.45) is 0 Å². The summed E-state index contributed by atoms with van der Waals surface area (Å²) < 4.78 is 17.3. The molecule has 1 rings (SSSR count). The molecule has 1 aromatic heterocycles. The lowest BCUT2D eigenvalue weighted by atomic mass is 10.3. The lowest BCUT2D eigenvalue weighted by Crippen LogP contribution is -2.12. The fourth-order valence-electron chi connectivity index (χ4n) is 0.862. The van der Waals surface area contributed by atoms with Gasteiger partial charge in [0.1, 0.15) is 18.3 Å². The van der Waals surface area contributed by atoms with Crippen LogP contribution in [0.3, 0.4) is 0 Å². The first kappa shape index (κ1) is 10.4. The Morgan fingerprint density at radius 2 is 2.50 bits per heavy atom. The van der Waals surface area contributed by atoms with Crippen LogP contribution in [0.2, 0.25) is 0 Å². The summed E-state index contributed by atoms with van der Waals surface area (Å²) in [6, 6.07) is 2.84. The molecule has 0 aliphatic heterocycles. The monoisotopic (exact) mass is 199 g/mol. The van der Waals surface area contributed by atoms with Crippen molar-refractivity contribution in [3.8, 4) is 5.88 Å². The summed E-state index contributed by atoms with van der Waals surface area (Å²) in [4.78, 5) is 14.4. The molecule has 0 amide bonds. The van der Waals surface area contributed by atoms with Crippen molar-refractivity contribution in [3.63, 3.8) is 0 Å². The molecule has 14 heavy (non-hydrogen) atoms. The molecular formula is C9H10FNO3. The largest absolute Gasteiger partial charge is 0.477 e. The first-order valence-corrected chi connectivity index (χ1v) is 4.06. The van der Waals surface area contributed by atoms with Crippen LogP contribution in [0.1, 0.15) is 17.3 Å². The molecule has 0 saturated carbocycles. The Morgan fingerprint density at radius 1 is 1.79 bits per heavy atom. The molecule has 0 aliphatic carbocycles. The number of carbonyl (C=O) groups is 1. The van der Waals surface area contributed by atoms with Crippen LogP contribution in [0.4, 0.5) is 4.39 Å². The van der Waals surface area contributed by atoms with Gasteiger partial charge in [-0.3, -0.25) is 0 Å². The molecule has 1 aromatic rings. The van der Waals surface area contributed by atoms with Gasteiger partial charge < -0.3 is 9.84 Å². The third-order valence-corrected chi connectivity index (χ3v) is 1.45. The van der Waals surface area contributed by atoms with Crippen molar-refractivity contribution >= 4 is 5.97 Å². The minimum atomic E-state index is -1.15. The zero-order valence-corrected chi connectivity index (χ0v) is 7.61. The van der Waals surface area contributed by atoms with Gasteiger partial charge in [-0.1, -0.05) is 0 Å². The second kappa shape index (κ2) is 4.55. The molecule has 0 saturated heterocycles. The Kier molecular flexibility index (Phi) is 3.39. The number of rotatable bonds is 4. The summed E-state index contributed by atoms with van der Waals surface area (Å²) in [7, 11) is 0. The average Bonchev–Trinajstić information content (AvgIpc) is 2.15. The van der Waals surface area contributed by atoms with E-state index in [1.807, 2.05) is 0 Å². The molecule has 0 spiro atoms. The third kappa shape index (κ3) is 2.69. The van der Waals surface area contributed by atoms with E-state index in [1.165, 1.54) is 25.3 Å². The van der Waals surface area contributed by atoms with Gasteiger partial charge in [-0.05, 0) is 19.1 Å². The molecule has 0 bridgehead atoms. The van der Waals surface area contributed by atoms with Crippen molar-refractivity contribution in [3.05, 3.63) is 23.9 Å². The van der Waals surface area contributed by atoms with Gasteiger partial charge in [-0.25, -0.2) is 14.2 Å².